The lowest BCUT2D eigenvalue weighted by molar-refractivity contribution is 0.757. The molecule has 0 spiro atoms. The third kappa shape index (κ3) is 0.861. The summed E-state index contributed by atoms with van der Waals surface area (Å²) in [6, 6.07) is 2.08. The van der Waals surface area contributed by atoms with E-state index in [1.54, 1.807) is 5.96 Å². The molecule has 0 amide bonds. The summed E-state index contributed by atoms with van der Waals surface area (Å²) >= 11 is 0. The number of nitrogens with two attached hydrogens (primary N) is 1. The van der Waals surface area contributed by atoms with Crippen LogP contribution in [0.1, 0.15) is 0 Å². The van der Waals surface area contributed by atoms with E-state index >= 15 is 0 Å². The van der Waals surface area contributed by atoms with Crippen molar-refractivity contribution in [2.75, 3.05) is 0 Å². The standard InChI is InChI=1S/C4H6N3P/c5-1-3-4(6)7-2-8-3/h2-4,8H,6H2. The van der Waals surface area contributed by atoms with Gasteiger partial charge in [-0.15, -0.1) is 0 Å². The molecular weight excluding hydrogens is 121 g/mol. The van der Waals surface area contributed by atoms with Crippen LogP contribution in [-0.2, 0) is 0 Å². The predicted molar refractivity (Wildman–Crippen MR) is 34.2 cm³/mol. The van der Waals surface area contributed by atoms with Gasteiger partial charge in [0.1, 0.15) is 11.8 Å². The average molecular weight is 127 g/mol. The highest BCUT2D eigenvalue weighted by Gasteiger charge is 2.18. The molecule has 1 aliphatic rings. The molecule has 1 rings (SSSR count). The van der Waals surface area contributed by atoms with Gasteiger partial charge in [-0.05, 0) is 0 Å². The molecular formula is C4H6N3P. The first-order valence-electron chi connectivity index (χ1n) is 2.27. The van der Waals surface area contributed by atoms with Crippen LogP contribution in [0.25, 0.3) is 0 Å². The second-order valence-corrected chi connectivity index (χ2v) is 2.76. The Morgan fingerprint density at radius 2 is 2.62 bits per heavy atom. The predicted octanol–water partition coefficient (Wildman–Crippen LogP) is -0.116. The summed E-state index contributed by atoms with van der Waals surface area (Å²) in [5.41, 5.74) is 5.33. The lowest BCUT2D eigenvalue weighted by Gasteiger charge is -2.00. The van der Waals surface area contributed by atoms with Gasteiger partial charge in [-0.1, -0.05) is 8.58 Å². The number of hydrogen-bond donors (Lipinski definition) is 1. The molecule has 0 saturated heterocycles. The van der Waals surface area contributed by atoms with Crippen LogP contribution in [0.4, 0.5) is 0 Å². The Balaban J connectivity index is 2.54. The fraction of sp³-hybridized carbons (Fsp3) is 0.500. The Kier molecular flexibility index (Phi) is 1.57. The summed E-state index contributed by atoms with van der Waals surface area (Å²) in [5.74, 6) is 1.73. The largest absolute Gasteiger partial charge is 0.308 e. The van der Waals surface area contributed by atoms with E-state index < -0.39 is 0 Å². The van der Waals surface area contributed by atoms with E-state index in [2.05, 4.69) is 11.1 Å². The number of rotatable bonds is 0. The summed E-state index contributed by atoms with van der Waals surface area (Å²) in [5, 5.41) is 8.33. The van der Waals surface area contributed by atoms with Crippen molar-refractivity contribution < 1.29 is 0 Å². The van der Waals surface area contributed by atoms with E-state index in [0.717, 1.165) is 0 Å². The Labute approximate surface area is 49.4 Å². The average Bonchev–Trinajstić information content (AvgIpc) is 2.14. The second-order valence-electron chi connectivity index (χ2n) is 1.54. The molecule has 0 bridgehead atoms. The van der Waals surface area contributed by atoms with Crippen LogP contribution >= 0.6 is 8.58 Å². The van der Waals surface area contributed by atoms with Crippen LogP contribution in [0.15, 0.2) is 4.99 Å². The van der Waals surface area contributed by atoms with Crippen molar-refractivity contribution in [3.8, 4) is 6.07 Å². The Morgan fingerprint density at radius 1 is 1.88 bits per heavy atom. The molecule has 3 unspecified atom stereocenters. The van der Waals surface area contributed by atoms with Crippen molar-refractivity contribution in [1.82, 2.24) is 0 Å². The maximum atomic E-state index is 8.33. The van der Waals surface area contributed by atoms with Crippen LogP contribution in [0.3, 0.4) is 0 Å². The molecule has 0 fully saturated rings. The van der Waals surface area contributed by atoms with Gasteiger partial charge in [0, 0.05) is 5.96 Å². The lowest BCUT2D eigenvalue weighted by atomic mass is 10.4. The Morgan fingerprint density at radius 3 is 2.88 bits per heavy atom. The van der Waals surface area contributed by atoms with Gasteiger partial charge in [-0.25, -0.2) is 0 Å². The summed E-state index contributed by atoms with van der Waals surface area (Å²) in [6.07, 6.45) is -0.252. The summed E-state index contributed by atoms with van der Waals surface area (Å²) in [4.78, 5) is 3.83. The van der Waals surface area contributed by atoms with Crippen molar-refractivity contribution >= 4 is 14.5 Å². The van der Waals surface area contributed by atoms with E-state index in [1.807, 2.05) is 0 Å². The molecule has 0 aromatic rings. The van der Waals surface area contributed by atoms with E-state index in [-0.39, 0.29) is 11.8 Å². The zero-order valence-corrected chi connectivity index (χ0v) is 5.20. The van der Waals surface area contributed by atoms with Crippen LogP contribution in [0.2, 0.25) is 0 Å². The topological polar surface area (TPSA) is 62.2 Å². The highest BCUT2D eigenvalue weighted by Crippen LogP contribution is 2.23. The minimum atomic E-state index is -0.252. The number of nitriles is 1. The molecule has 1 heterocycles. The van der Waals surface area contributed by atoms with Crippen LogP contribution in [0.5, 0.6) is 0 Å². The van der Waals surface area contributed by atoms with Crippen molar-refractivity contribution in [2.24, 2.45) is 10.7 Å². The molecule has 8 heavy (non-hydrogen) atoms. The van der Waals surface area contributed by atoms with Crippen LogP contribution in [-0.4, -0.2) is 17.8 Å². The molecule has 3 nitrogen and oxygen atoms in total. The highest BCUT2D eigenvalue weighted by molar-refractivity contribution is 7.56. The maximum Gasteiger partial charge on any atom is 0.117 e. The van der Waals surface area contributed by atoms with Crippen LogP contribution < -0.4 is 5.73 Å². The van der Waals surface area contributed by atoms with Crippen LogP contribution in [0, 0.1) is 11.3 Å². The molecule has 0 radical (unpaired) electrons. The molecule has 2 N–H and O–H groups in total. The fourth-order valence-corrected chi connectivity index (χ4v) is 1.28. The monoisotopic (exact) mass is 127 g/mol. The highest BCUT2D eigenvalue weighted by atomic mass is 31.1. The molecule has 0 saturated carbocycles. The first kappa shape index (κ1) is 5.68. The van der Waals surface area contributed by atoms with Gasteiger partial charge in [0.05, 0.1) is 6.07 Å². The molecule has 0 aromatic heterocycles. The van der Waals surface area contributed by atoms with Crippen molar-refractivity contribution in [2.45, 2.75) is 11.8 Å². The van der Waals surface area contributed by atoms with Gasteiger partial charge in [-0.2, -0.15) is 5.26 Å². The van der Waals surface area contributed by atoms with E-state index in [0.29, 0.717) is 8.58 Å². The zero-order chi connectivity index (χ0) is 5.98. The third-order valence-electron chi connectivity index (χ3n) is 0.981. The zero-order valence-electron chi connectivity index (χ0n) is 4.20. The van der Waals surface area contributed by atoms with Gasteiger partial charge in [0.25, 0.3) is 0 Å². The minimum absolute atomic E-state index is 0.0463. The second kappa shape index (κ2) is 2.21. The van der Waals surface area contributed by atoms with Gasteiger partial charge >= 0.3 is 0 Å². The Hall–Kier alpha value is -0.450. The molecule has 4 heteroatoms. The quantitative estimate of drug-likeness (QED) is 0.461. The SMILES string of the molecule is N#CC1PC=NC1N. The molecule has 1 aliphatic heterocycles. The molecule has 3 atom stereocenters. The smallest absolute Gasteiger partial charge is 0.117 e. The first-order valence-corrected chi connectivity index (χ1v) is 3.43. The van der Waals surface area contributed by atoms with E-state index in [9.17, 15) is 0 Å². The summed E-state index contributed by atoms with van der Waals surface area (Å²) < 4.78 is 0. The molecule has 0 aliphatic carbocycles. The first-order chi connectivity index (χ1) is 3.84. The maximum absolute atomic E-state index is 8.33. The fourth-order valence-electron chi connectivity index (χ4n) is 0.508. The molecule has 0 aromatic carbocycles. The van der Waals surface area contributed by atoms with Crippen molar-refractivity contribution in [3.63, 3.8) is 0 Å². The number of nitrogens with zero attached hydrogens (tertiary/aromatic N) is 2. The normalized spacial score (nSPS) is 38.0. The van der Waals surface area contributed by atoms with Gasteiger partial charge in [-0.3, -0.25) is 4.99 Å². The van der Waals surface area contributed by atoms with Crippen molar-refractivity contribution in [1.29, 1.82) is 5.26 Å². The van der Waals surface area contributed by atoms with E-state index in [4.69, 9.17) is 11.0 Å². The summed E-state index contributed by atoms with van der Waals surface area (Å²) in [7, 11) is 0.502. The van der Waals surface area contributed by atoms with Crippen molar-refractivity contribution in [3.05, 3.63) is 0 Å². The Bertz CT molecular complexity index is 148. The van der Waals surface area contributed by atoms with Gasteiger partial charge in [0.2, 0.25) is 0 Å². The molecule has 42 valence electrons. The summed E-state index contributed by atoms with van der Waals surface area (Å²) in [6.45, 7) is 0. The van der Waals surface area contributed by atoms with Gasteiger partial charge < -0.3 is 5.73 Å². The third-order valence-corrected chi connectivity index (χ3v) is 2.11. The lowest BCUT2D eigenvalue weighted by Crippen LogP contribution is -2.24. The number of hydrogen-bond acceptors (Lipinski definition) is 3. The van der Waals surface area contributed by atoms with E-state index in [1.165, 1.54) is 0 Å². The van der Waals surface area contributed by atoms with Gasteiger partial charge in [0.15, 0.2) is 0 Å². The minimum Gasteiger partial charge on any atom is -0.308 e. The number of aliphatic imine (C=N–C) groups is 1.